The molecule has 2 aliphatic carbocycles. The number of hydrogen-bond donors (Lipinski definition) is 0. The molecule has 0 saturated heterocycles. The van der Waals surface area contributed by atoms with Crippen LogP contribution in [0.4, 0.5) is 0 Å². The molecule has 0 radical (unpaired) electrons. The van der Waals surface area contributed by atoms with Crippen molar-refractivity contribution in [2.75, 3.05) is 0 Å². The van der Waals surface area contributed by atoms with Crippen molar-refractivity contribution in [3.05, 3.63) is 259 Å². The van der Waals surface area contributed by atoms with Crippen molar-refractivity contribution in [3.63, 3.8) is 0 Å². The summed E-state index contributed by atoms with van der Waals surface area (Å²) in [6.07, 6.45) is 0. The van der Waals surface area contributed by atoms with Gasteiger partial charge in [-0.3, -0.25) is 0 Å². The number of fused-ring (bicyclic) bond motifs is 19. The van der Waals surface area contributed by atoms with Crippen LogP contribution in [0.15, 0.2) is 250 Å². The van der Waals surface area contributed by atoms with Crippen molar-refractivity contribution in [2.45, 2.75) is 5.41 Å². The van der Waals surface area contributed by atoms with Crippen molar-refractivity contribution in [1.82, 2.24) is 15.0 Å². The van der Waals surface area contributed by atoms with E-state index >= 15 is 0 Å². The maximum atomic E-state index is 6.70. The highest BCUT2D eigenvalue weighted by Crippen LogP contribution is 2.64. The van der Waals surface area contributed by atoms with Crippen molar-refractivity contribution >= 4 is 65.8 Å². The fraction of sp³-hybridized carbons (Fsp3) is 0.0143. The Morgan fingerprint density at radius 1 is 0.250 bits per heavy atom. The van der Waals surface area contributed by atoms with E-state index in [-0.39, 0.29) is 0 Å². The van der Waals surface area contributed by atoms with Crippen LogP contribution in [-0.4, -0.2) is 15.0 Å². The molecule has 0 aliphatic heterocycles. The predicted octanol–water partition coefficient (Wildman–Crippen LogP) is 18.2. The quantitative estimate of drug-likeness (QED) is 0.171. The van der Waals surface area contributed by atoms with Crippen molar-refractivity contribution in [2.24, 2.45) is 0 Å². The fourth-order valence-electron chi connectivity index (χ4n) is 13.0. The zero-order chi connectivity index (χ0) is 49.6. The Labute approximate surface area is 434 Å². The summed E-state index contributed by atoms with van der Waals surface area (Å²) in [5.41, 5.74) is 21.7. The van der Waals surface area contributed by atoms with Gasteiger partial charge < -0.3 is 13.3 Å². The first-order valence-electron chi connectivity index (χ1n) is 25.7. The number of benzene rings is 11. The van der Waals surface area contributed by atoms with Gasteiger partial charge in [-0.2, -0.15) is 0 Å². The van der Waals surface area contributed by atoms with Crippen molar-refractivity contribution in [1.29, 1.82) is 0 Å². The molecular formula is C70H39N3O3. The molecule has 2 aliphatic rings. The number of para-hydroxylation sites is 2. The van der Waals surface area contributed by atoms with E-state index in [4.69, 9.17) is 28.2 Å². The molecule has 6 heteroatoms. The van der Waals surface area contributed by atoms with E-state index in [1.165, 1.54) is 50.1 Å². The fourth-order valence-corrected chi connectivity index (χ4v) is 13.0. The Balaban J connectivity index is 0.843. The second-order valence-corrected chi connectivity index (χ2v) is 20.1. The molecule has 6 nitrogen and oxygen atoms in total. The summed E-state index contributed by atoms with van der Waals surface area (Å²) in [6.45, 7) is 0. The second-order valence-electron chi connectivity index (χ2n) is 20.1. The van der Waals surface area contributed by atoms with Gasteiger partial charge in [0, 0.05) is 49.0 Å². The number of rotatable bonds is 5. The lowest BCUT2D eigenvalue weighted by Crippen LogP contribution is -2.26. The van der Waals surface area contributed by atoms with E-state index in [9.17, 15) is 0 Å². The smallest absolute Gasteiger partial charge is 0.164 e. The van der Waals surface area contributed by atoms with E-state index in [2.05, 4.69) is 170 Å². The normalized spacial score (nSPS) is 13.1. The molecule has 4 aromatic heterocycles. The van der Waals surface area contributed by atoms with Gasteiger partial charge in [0.05, 0.1) is 5.41 Å². The van der Waals surface area contributed by atoms with Crippen molar-refractivity contribution in [3.8, 4) is 78.7 Å². The van der Waals surface area contributed by atoms with Gasteiger partial charge in [0.25, 0.3) is 0 Å². The van der Waals surface area contributed by atoms with E-state index in [1.807, 2.05) is 66.7 Å². The van der Waals surface area contributed by atoms with Gasteiger partial charge in [0.2, 0.25) is 0 Å². The number of furan rings is 3. The van der Waals surface area contributed by atoms with Crippen LogP contribution in [-0.2, 0) is 5.41 Å². The summed E-state index contributed by atoms with van der Waals surface area (Å²) in [4.78, 5) is 16.0. The van der Waals surface area contributed by atoms with Gasteiger partial charge in [-0.1, -0.05) is 182 Å². The van der Waals surface area contributed by atoms with Crippen LogP contribution in [0.25, 0.3) is 144 Å². The minimum atomic E-state index is -0.468. The Morgan fingerprint density at radius 3 is 1.41 bits per heavy atom. The summed E-state index contributed by atoms with van der Waals surface area (Å²) in [5.74, 6) is 1.58. The summed E-state index contributed by atoms with van der Waals surface area (Å²) < 4.78 is 19.5. The average Bonchev–Trinajstić information content (AvgIpc) is 4.44. The molecule has 76 heavy (non-hydrogen) atoms. The molecule has 0 bridgehead atoms. The van der Waals surface area contributed by atoms with Crippen LogP contribution < -0.4 is 0 Å². The third-order valence-corrected chi connectivity index (χ3v) is 16.2. The molecule has 4 heterocycles. The topological polar surface area (TPSA) is 78.1 Å². The Hall–Kier alpha value is -10.2. The summed E-state index contributed by atoms with van der Waals surface area (Å²) in [6, 6.07) is 84.0. The van der Waals surface area contributed by atoms with Crippen LogP contribution in [0, 0.1) is 0 Å². The van der Waals surface area contributed by atoms with Crippen LogP contribution in [0.1, 0.15) is 22.3 Å². The molecule has 0 unspecified atom stereocenters. The van der Waals surface area contributed by atoms with E-state index < -0.39 is 5.41 Å². The van der Waals surface area contributed by atoms with E-state index in [0.29, 0.717) is 17.5 Å². The maximum absolute atomic E-state index is 6.70. The molecule has 0 fully saturated rings. The Morgan fingerprint density at radius 2 is 0.697 bits per heavy atom. The molecule has 15 aromatic rings. The highest BCUT2D eigenvalue weighted by molar-refractivity contribution is 6.14. The molecular weight excluding hydrogens is 931 g/mol. The molecule has 352 valence electrons. The number of aromatic nitrogens is 3. The molecule has 0 saturated carbocycles. The highest BCUT2D eigenvalue weighted by Gasteiger charge is 2.52. The van der Waals surface area contributed by atoms with Gasteiger partial charge in [0.15, 0.2) is 17.5 Å². The molecule has 17 rings (SSSR count). The second kappa shape index (κ2) is 15.4. The average molecular weight is 970 g/mol. The van der Waals surface area contributed by atoms with Gasteiger partial charge in [-0.25, -0.2) is 15.0 Å². The van der Waals surface area contributed by atoms with Gasteiger partial charge in [-0.15, -0.1) is 0 Å². The summed E-state index contributed by atoms with van der Waals surface area (Å²) in [5, 5.41) is 5.94. The first-order chi connectivity index (χ1) is 37.7. The maximum Gasteiger partial charge on any atom is 0.164 e. The molecule has 0 amide bonds. The monoisotopic (exact) mass is 969 g/mol. The predicted molar refractivity (Wildman–Crippen MR) is 305 cm³/mol. The lowest BCUT2D eigenvalue weighted by molar-refractivity contribution is 0.668. The minimum Gasteiger partial charge on any atom is -0.456 e. The zero-order valence-electron chi connectivity index (χ0n) is 40.6. The van der Waals surface area contributed by atoms with Gasteiger partial charge in [0.1, 0.15) is 33.5 Å². The SMILES string of the molecule is c1cc(-c2ccc3oc4cccc(-c5nc(-c6ccc7c(c6)oc6ccccc67)nc(-c6cccc7oc8ccccc8c67)n5)c4c3c2)cc(-c2cccc3c2C2(c4ccccc4-c4ccccc42)c2ccccc2-3)c1. The summed E-state index contributed by atoms with van der Waals surface area (Å²) in [7, 11) is 0. The first kappa shape index (κ1) is 41.3. The third-order valence-electron chi connectivity index (χ3n) is 16.2. The van der Waals surface area contributed by atoms with Crippen LogP contribution in [0.2, 0.25) is 0 Å². The Bertz CT molecular complexity index is 4910. The number of hydrogen-bond acceptors (Lipinski definition) is 6. The lowest BCUT2D eigenvalue weighted by Gasteiger charge is -2.32. The van der Waals surface area contributed by atoms with E-state index in [0.717, 1.165) is 99.2 Å². The standard InChI is InChI=1S/C70H39N3O3/c1-6-26-55-45(17-1)46-18-2-7-27-56(46)70(55)57-28-8-3-19-47(57)50-23-12-22-44(66(50)70)42-16-11-15-40(37-42)41-34-36-60-54(38-41)65-53(25-14-32-62(65)75-60)69-72-67(43-33-35-49-48-20-4-9-29-58(48)76-63(49)39-43)71-68(73-69)52-24-13-31-61-64(52)51-21-5-10-30-59(51)74-61/h1-39H. The van der Waals surface area contributed by atoms with Crippen molar-refractivity contribution < 1.29 is 13.3 Å². The number of nitrogens with zero attached hydrogens (tertiary/aromatic N) is 3. The molecule has 0 atom stereocenters. The molecule has 11 aromatic carbocycles. The molecule has 0 N–H and O–H groups in total. The zero-order valence-corrected chi connectivity index (χ0v) is 40.6. The Kier molecular flexibility index (Phi) is 8.39. The van der Waals surface area contributed by atoms with Gasteiger partial charge >= 0.3 is 0 Å². The van der Waals surface area contributed by atoms with Gasteiger partial charge in [-0.05, 0) is 121 Å². The van der Waals surface area contributed by atoms with E-state index in [1.54, 1.807) is 0 Å². The third kappa shape index (κ3) is 5.67. The molecule has 1 spiro atoms. The van der Waals surface area contributed by atoms with Crippen LogP contribution in [0.3, 0.4) is 0 Å². The lowest BCUT2D eigenvalue weighted by atomic mass is 9.68. The first-order valence-corrected chi connectivity index (χ1v) is 25.7. The largest absolute Gasteiger partial charge is 0.456 e. The van der Waals surface area contributed by atoms with Crippen LogP contribution >= 0.6 is 0 Å². The van der Waals surface area contributed by atoms with Crippen LogP contribution in [0.5, 0.6) is 0 Å². The summed E-state index contributed by atoms with van der Waals surface area (Å²) >= 11 is 0. The highest BCUT2D eigenvalue weighted by atomic mass is 16.3. The minimum absolute atomic E-state index is 0.468.